The summed E-state index contributed by atoms with van der Waals surface area (Å²) in [6, 6.07) is 16.2. The van der Waals surface area contributed by atoms with Crippen LogP contribution in [0.25, 0.3) is 27.0 Å². The van der Waals surface area contributed by atoms with Gasteiger partial charge in [-0.15, -0.1) is 21.5 Å². The van der Waals surface area contributed by atoms with E-state index in [2.05, 4.69) is 57.1 Å². The molecule has 6 nitrogen and oxygen atoms in total. The van der Waals surface area contributed by atoms with Gasteiger partial charge in [0.15, 0.2) is 10.8 Å². The third kappa shape index (κ3) is 3.92. The number of nitrogens with zero attached hydrogens (tertiary/aromatic N) is 4. The Morgan fingerprint density at radius 2 is 1.94 bits per heavy atom. The number of carbonyl (C=O) groups excluding carboxylic acids is 1. The molecule has 0 saturated heterocycles. The lowest BCUT2D eigenvalue weighted by molar-refractivity contribution is -0.113. The van der Waals surface area contributed by atoms with Gasteiger partial charge in [0.1, 0.15) is 11.2 Å². The molecule has 0 fully saturated rings. The lowest BCUT2D eigenvalue weighted by atomic mass is 10.0. The molecule has 1 N–H and O–H groups in total. The van der Waals surface area contributed by atoms with Gasteiger partial charge in [-0.05, 0) is 37.1 Å². The van der Waals surface area contributed by atoms with Gasteiger partial charge in [0.2, 0.25) is 5.91 Å². The van der Waals surface area contributed by atoms with Gasteiger partial charge < -0.3 is 5.32 Å². The Morgan fingerprint density at radius 3 is 2.74 bits per heavy atom. The second kappa shape index (κ2) is 8.13. The van der Waals surface area contributed by atoms with Gasteiger partial charge in [-0.1, -0.05) is 53.7 Å². The summed E-state index contributed by atoms with van der Waals surface area (Å²) in [4.78, 5) is 17.9. The smallest absolute Gasteiger partial charge is 0.234 e. The molecular weight excluding hydrogens is 426 g/mol. The fourth-order valence-corrected chi connectivity index (χ4v) is 5.03. The first-order valence-electron chi connectivity index (χ1n) is 9.76. The molecule has 0 aliphatic carbocycles. The van der Waals surface area contributed by atoms with Crippen LogP contribution in [0, 0.1) is 13.8 Å². The van der Waals surface area contributed by atoms with Crippen molar-refractivity contribution in [2.24, 2.45) is 0 Å². The molecule has 0 saturated carbocycles. The first-order valence-corrected chi connectivity index (χ1v) is 11.6. The van der Waals surface area contributed by atoms with E-state index >= 15 is 0 Å². The van der Waals surface area contributed by atoms with E-state index in [9.17, 15) is 4.79 Å². The van der Waals surface area contributed by atoms with Crippen LogP contribution in [0.5, 0.6) is 0 Å². The second-order valence-corrected chi connectivity index (χ2v) is 9.12. The minimum absolute atomic E-state index is 0.0859. The van der Waals surface area contributed by atoms with Crippen LogP contribution in [-0.2, 0) is 4.79 Å². The maximum atomic E-state index is 12.4. The number of carbonyl (C=O) groups is 1. The Hall–Kier alpha value is -3.23. The molecule has 0 aliphatic heterocycles. The Morgan fingerprint density at radius 1 is 1.10 bits per heavy atom. The zero-order valence-corrected chi connectivity index (χ0v) is 18.6. The van der Waals surface area contributed by atoms with Crippen LogP contribution in [0.3, 0.4) is 0 Å². The standard InChI is InChI=1S/C23H19N5OS2/c1-14-6-8-16(9-7-14)18-11-30-22-20(18)21-26-27-23(28(21)13-24-22)31-12-19(29)25-17-5-3-4-15(2)10-17/h3-11,13H,12H2,1-2H3,(H,25,29). The fourth-order valence-electron chi connectivity index (χ4n) is 3.41. The molecule has 0 atom stereocenters. The van der Waals surface area contributed by atoms with Gasteiger partial charge in [0.25, 0.3) is 0 Å². The lowest BCUT2D eigenvalue weighted by Gasteiger charge is -2.05. The summed E-state index contributed by atoms with van der Waals surface area (Å²) >= 11 is 2.94. The molecule has 3 heterocycles. The van der Waals surface area contributed by atoms with Crippen LogP contribution in [0.1, 0.15) is 11.1 Å². The first kappa shape index (κ1) is 19.7. The zero-order chi connectivity index (χ0) is 21.4. The molecule has 1 amide bonds. The molecule has 3 aromatic heterocycles. The predicted octanol–water partition coefficient (Wildman–Crippen LogP) is 5.35. The Balaban J connectivity index is 1.42. The topological polar surface area (TPSA) is 72.2 Å². The number of fused-ring (bicyclic) bond motifs is 3. The molecule has 0 aliphatic rings. The maximum absolute atomic E-state index is 12.4. The number of hydrogen-bond donors (Lipinski definition) is 1. The first-order chi connectivity index (χ1) is 15.1. The van der Waals surface area contributed by atoms with Crippen molar-refractivity contribution in [3.05, 3.63) is 71.4 Å². The van der Waals surface area contributed by atoms with Gasteiger partial charge in [0, 0.05) is 16.6 Å². The van der Waals surface area contributed by atoms with Crippen molar-refractivity contribution in [3.8, 4) is 11.1 Å². The van der Waals surface area contributed by atoms with Crippen LogP contribution in [0.15, 0.2) is 65.4 Å². The summed E-state index contributed by atoms with van der Waals surface area (Å²) in [5.41, 5.74) is 6.09. The van der Waals surface area contributed by atoms with Crippen molar-refractivity contribution >= 4 is 50.6 Å². The summed E-state index contributed by atoms with van der Waals surface area (Å²) in [6.07, 6.45) is 1.73. The van der Waals surface area contributed by atoms with Crippen molar-refractivity contribution < 1.29 is 4.79 Å². The van der Waals surface area contributed by atoms with E-state index in [0.29, 0.717) is 5.16 Å². The molecule has 0 radical (unpaired) electrons. The number of benzene rings is 2. The number of aryl methyl sites for hydroxylation is 2. The SMILES string of the molecule is Cc1ccc(-c2csc3ncn4c(SCC(=O)Nc5cccc(C)c5)nnc4c23)cc1. The second-order valence-electron chi connectivity index (χ2n) is 7.32. The average Bonchev–Trinajstić information content (AvgIpc) is 3.37. The van der Waals surface area contributed by atoms with Crippen molar-refractivity contribution in [3.63, 3.8) is 0 Å². The highest BCUT2D eigenvalue weighted by Gasteiger charge is 2.17. The number of anilines is 1. The highest BCUT2D eigenvalue weighted by atomic mass is 32.2. The van der Waals surface area contributed by atoms with E-state index < -0.39 is 0 Å². The number of thiophene rings is 1. The number of aromatic nitrogens is 4. The summed E-state index contributed by atoms with van der Waals surface area (Å²) in [5.74, 6) is 0.151. The zero-order valence-electron chi connectivity index (χ0n) is 17.0. The largest absolute Gasteiger partial charge is 0.325 e. The molecule has 0 spiro atoms. The number of hydrogen-bond acceptors (Lipinski definition) is 6. The minimum atomic E-state index is -0.0859. The molecule has 2 aromatic carbocycles. The van der Waals surface area contributed by atoms with Gasteiger partial charge in [-0.2, -0.15) is 0 Å². The Kier molecular flexibility index (Phi) is 5.17. The maximum Gasteiger partial charge on any atom is 0.234 e. The Labute approximate surface area is 187 Å². The highest BCUT2D eigenvalue weighted by Crippen LogP contribution is 2.35. The summed E-state index contributed by atoms with van der Waals surface area (Å²) in [7, 11) is 0. The normalized spacial score (nSPS) is 11.3. The summed E-state index contributed by atoms with van der Waals surface area (Å²) in [5, 5.41) is 15.4. The van der Waals surface area contributed by atoms with E-state index in [-0.39, 0.29) is 11.7 Å². The molecule has 31 heavy (non-hydrogen) atoms. The van der Waals surface area contributed by atoms with E-state index in [1.165, 1.54) is 17.3 Å². The third-order valence-corrected chi connectivity index (χ3v) is 6.78. The van der Waals surface area contributed by atoms with Gasteiger partial charge in [-0.25, -0.2) is 4.98 Å². The quantitative estimate of drug-likeness (QED) is 0.369. The number of thioether (sulfide) groups is 1. The number of nitrogens with one attached hydrogen (secondary N) is 1. The molecule has 0 unspecified atom stereocenters. The van der Waals surface area contributed by atoms with Crippen LogP contribution >= 0.6 is 23.1 Å². The van der Waals surface area contributed by atoms with E-state index in [4.69, 9.17) is 0 Å². The number of rotatable bonds is 5. The average molecular weight is 446 g/mol. The van der Waals surface area contributed by atoms with Crippen molar-refractivity contribution in [1.29, 1.82) is 0 Å². The van der Waals surface area contributed by atoms with Gasteiger partial charge >= 0.3 is 0 Å². The van der Waals surface area contributed by atoms with Crippen molar-refractivity contribution in [2.45, 2.75) is 19.0 Å². The molecule has 154 valence electrons. The highest BCUT2D eigenvalue weighted by molar-refractivity contribution is 7.99. The van der Waals surface area contributed by atoms with Crippen molar-refractivity contribution in [1.82, 2.24) is 19.6 Å². The van der Waals surface area contributed by atoms with Crippen molar-refractivity contribution in [2.75, 3.05) is 11.1 Å². The van der Waals surface area contributed by atoms with Crippen LogP contribution in [0.2, 0.25) is 0 Å². The molecule has 5 rings (SSSR count). The van der Waals surface area contributed by atoms with Crippen LogP contribution in [-0.4, -0.2) is 31.2 Å². The predicted molar refractivity (Wildman–Crippen MR) is 127 cm³/mol. The summed E-state index contributed by atoms with van der Waals surface area (Å²) < 4.78 is 1.86. The number of amides is 1. The molecular formula is C23H19N5OS2. The molecule has 5 aromatic rings. The lowest BCUT2D eigenvalue weighted by Crippen LogP contribution is -2.14. The summed E-state index contributed by atoms with van der Waals surface area (Å²) in [6.45, 7) is 4.07. The van der Waals surface area contributed by atoms with E-state index in [0.717, 1.165) is 38.2 Å². The monoisotopic (exact) mass is 445 g/mol. The van der Waals surface area contributed by atoms with Gasteiger partial charge in [0.05, 0.1) is 11.1 Å². The van der Waals surface area contributed by atoms with Crippen LogP contribution in [0.4, 0.5) is 5.69 Å². The third-order valence-electron chi connectivity index (χ3n) is 4.95. The molecule has 0 bridgehead atoms. The molecule has 8 heteroatoms. The van der Waals surface area contributed by atoms with E-state index in [1.807, 2.05) is 35.6 Å². The Bertz CT molecular complexity index is 1410. The van der Waals surface area contributed by atoms with E-state index in [1.54, 1.807) is 17.7 Å². The fraction of sp³-hybridized carbons (Fsp3) is 0.130. The van der Waals surface area contributed by atoms with Gasteiger partial charge in [-0.3, -0.25) is 9.20 Å². The minimum Gasteiger partial charge on any atom is -0.325 e. The van der Waals surface area contributed by atoms with Crippen LogP contribution < -0.4 is 5.32 Å².